The standard InChI is InChI=1S/C11H11BrN2O2S/c1-6(15)5-14-10(16)8-4-7(12)2-3-9(8)13-11(14)17/h2-4,6,15H,5H2,1H3,(H,13,17)/t6-/m1/s1. The number of H-pyrrole nitrogens is 1. The number of benzene rings is 1. The van der Waals surface area contributed by atoms with Gasteiger partial charge in [0.2, 0.25) is 0 Å². The second kappa shape index (κ2) is 4.72. The van der Waals surface area contributed by atoms with Gasteiger partial charge in [0.05, 0.1) is 23.6 Å². The first-order chi connectivity index (χ1) is 7.99. The van der Waals surface area contributed by atoms with Gasteiger partial charge in [0.15, 0.2) is 4.77 Å². The zero-order valence-corrected chi connectivity index (χ0v) is 11.5. The Hall–Kier alpha value is -0.980. The zero-order chi connectivity index (χ0) is 12.6. The predicted octanol–water partition coefficient (Wildman–Crippen LogP) is 2.20. The van der Waals surface area contributed by atoms with Gasteiger partial charge in [-0.1, -0.05) is 15.9 Å². The maximum absolute atomic E-state index is 12.2. The van der Waals surface area contributed by atoms with Crippen LogP contribution in [0.25, 0.3) is 10.9 Å². The van der Waals surface area contributed by atoms with Gasteiger partial charge < -0.3 is 10.1 Å². The number of nitrogens with zero attached hydrogens (tertiary/aromatic N) is 1. The number of rotatable bonds is 2. The average Bonchev–Trinajstić information content (AvgIpc) is 2.25. The molecule has 1 atom stereocenters. The molecule has 0 saturated heterocycles. The molecule has 0 aliphatic carbocycles. The highest BCUT2D eigenvalue weighted by molar-refractivity contribution is 9.10. The summed E-state index contributed by atoms with van der Waals surface area (Å²) in [4.78, 5) is 15.2. The highest BCUT2D eigenvalue weighted by atomic mass is 79.9. The molecule has 4 nitrogen and oxygen atoms in total. The number of halogens is 1. The van der Waals surface area contributed by atoms with E-state index in [-0.39, 0.29) is 12.1 Å². The lowest BCUT2D eigenvalue weighted by molar-refractivity contribution is 0.171. The number of hydrogen-bond donors (Lipinski definition) is 2. The van der Waals surface area contributed by atoms with Crippen LogP contribution in [0.5, 0.6) is 0 Å². The number of hydrogen-bond acceptors (Lipinski definition) is 3. The summed E-state index contributed by atoms with van der Waals surface area (Å²) in [6.07, 6.45) is -0.618. The van der Waals surface area contributed by atoms with E-state index in [4.69, 9.17) is 12.2 Å². The van der Waals surface area contributed by atoms with Gasteiger partial charge in [-0.25, -0.2) is 0 Å². The number of aromatic nitrogens is 2. The summed E-state index contributed by atoms with van der Waals surface area (Å²) < 4.78 is 2.52. The first-order valence-electron chi connectivity index (χ1n) is 5.09. The van der Waals surface area contributed by atoms with Crippen molar-refractivity contribution >= 4 is 39.1 Å². The summed E-state index contributed by atoms with van der Waals surface area (Å²) >= 11 is 8.43. The molecule has 1 aromatic heterocycles. The van der Waals surface area contributed by atoms with Crippen LogP contribution in [0, 0.1) is 4.77 Å². The van der Waals surface area contributed by atoms with Crippen LogP contribution in [0.3, 0.4) is 0 Å². The second-order valence-corrected chi connectivity index (χ2v) is 5.19. The van der Waals surface area contributed by atoms with Crippen LogP contribution in [0.2, 0.25) is 0 Å². The maximum Gasteiger partial charge on any atom is 0.262 e. The van der Waals surface area contributed by atoms with Gasteiger partial charge >= 0.3 is 0 Å². The van der Waals surface area contributed by atoms with E-state index in [0.717, 1.165) is 4.47 Å². The molecule has 0 aliphatic heterocycles. The third-order valence-corrected chi connectivity index (χ3v) is 3.21. The Morgan fingerprint density at radius 1 is 1.59 bits per heavy atom. The number of aliphatic hydroxyl groups excluding tert-OH is 1. The van der Waals surface area contributed by atoms with E-state index in [9.17, 15) is 9.90 Å². The SMILES string of the molecule is C[C@@H](O)Cn1c(=S)[nH]c2ccc(Br)cc2c1=O. The summed E-state index contributed by atoms with van der Waals surface area (Å²) in [6, 6.07) is 5.37. The van der Waals surface area contributed by atoms with Gasteiger partial charge in [0, 0.05) is 4.47 Å². The molecule has 0 unspecified atom stereocenters. The molecule has 0 saturated carbocycles. The predicted molar refractivity (Wildman–Crippen MR) is 72.8 cm³/mol. The normalized spacial score (nSPS) is 12.9. The van der Waals surface area contributed by atoms with Gasteiger partial charge in [-0.2, -0.15) is 0 Å². The molecule has 0 radical (unpaired) electrons. The van der Waals surface area contributed by atoms with E-state index >= 15 is 0 Å². The molecule has 1 heterocycles. The first kappa shape index (κ1) is 12.5. The Kier molecular flexibility index (Phi) is 3.46. The molecule has 0 amide bonds. The quantitative estimate of drug-likeness (QED) is 0.836. The average molecular weight is 315 g/mol. The minimum Gasteiger partial charge on any atom is -0.392 e. The topological polar surface area (TPSA) is 58.0 Å². The molecule has 0 spiro atoms. The molecule has 0 bridgehead atoms. The van der Waals surface area contributed by atoms with Crippen LogP contribution in [0.4, 0.5) is 0 Å². The number of aliphatic hydroxyl groups is 1. The Morgan fingerprint density at radius 2 is 2.29 bits per heavy atom. The van der Waals surface area contributed by atoms with Crippen molar-refractivity contribution in [3.63, 3.8) is 0 Å². The Labute approximate surface area is 111 Å². The molecular weight excluding hydrogens is 304 g/mol. The molecule has 0 fully saturated rings. The van der Waals surface area contributed by atoms with Gasteiger partial charge in [0.25, 0.3) is 5.56 Å². The minimum absolute atomic E-state index is 0.189. The molecule has 2 N–H and O–H groups in total. The van der Waals surface area contributed by atoms with Crippen molar-refractivity contribution in [3.05, 3.63) is 37.8 Å². The number of nitrogens with one attached hydrogen (secondary N) is 1. The first-order valence-corrected chi connectivity index (χ1v) is 6.29. The van der Waals surface area contributed by atoms with Crippen molar-refractivity contribution in [2.75, 3.05) is 0 Å². The Bertz CT molecular complexity index is 675. The van der Waals surface area contributed by atoms with Gasteiger partial charge in [0.1, 0.15) is 0 Å². The van der Waals surface area contributed by atoms with E-state index in [0.29, 0.717) is 15.7 Å². The van der Waals surface area contributed by atoms with Gasteiger partial charge in [-0.15, -0.1) is 0 Å². The van der Waals surface area contributed by atoms with Crippen LogP contribution < -0.4 is 5.56 Å². The Morgan fingerprint density at radius 3 is 2.94 bits per heavy atom. The van der Waals surface area contributed by atoms with Gasteiger partial charge in [-0.05, 0) is 37.3 Å². The summed E-state index contributed by atoms with van der Waals surface area (Å²) in [5, 5.41) is 9.90. The molecule has 90 valence electrons. The summed E-state index contributed by atoms with van der Waals surface area (Å²) in [5.41, 5.74) is 0.510. The zero-order valence-electron chi connectivity index (χ0n) is 9.11. The number of aromatic amines is 1. The van der Waals surface area contributed by atoms with E-state index in [1.165, 1.54) is 4.57 Å². The third kappa shape index (κ3) is 2.48. The van der Waals surface area contributed by atoms with Crippen molar-refractivity contribution in [1.29, 1.82) is 0 Å². The maximum atomic E-state index is 12.2. The fourth-order valence-corrected chi connectivity index (χ4v) is 2.28. The summed E-state index contributed by atoms with van der Waals surface area (Å²) in [6.45, 7) is 1.81. The van der Waals surface area contributed by atoms with Crippen molar-refractivity contribution in [2.24, 2.45) is 0 Å². The fraction of sp³-hybridized carbons (Fsp3) is 0.273. The third-order valence-electron chi connectivity index (χ3n) is 2.39. The van der Waals surface area contributed by atoms with Crippen LogP contribution in [-0.4, -0.2) is 20.8 Å². The lowest BCUT2D eigenvalue weighted by atomic mass is 10.2. The molecule has 0 aliphatic rings. The minimum atomic E-state index is -0.618. The van der Waals surface area contributed by atoms with E-state index in [1.54, 1.807) is 19.1 Å². The summed E-state index contributed by atoms with van der Waals surface area (Å²) in [5.74, 6) is 0. The van der Waals surface area contributed by atoms with Crippen molar-refractivity contribution in [2.45, 2.75) is 19.6 Å². The van der Waals surface area contributed by atoms with Crippen LogP contribution in [0.1, 0.15) is 6.92 Å². The van der Waals surface area contributed by atoms with E-state index in [1.807, 2.05) is 6.07 Å². The monoisotopic (exact) mass is 314 g/mol. The summed E-state index contributed by atoms with van der Waals surface area (Å²) in [7, 11) is 0. The fourth-order valence-electron chi connectivity index (χ4n) is 1.65. The van der Waals surface area contributed by atoms with Crippen molar-refractivity contribution < 1.29 is 5.11 Å². The molecule has 6 heteroatoms. The highest BCUT2D eigenvalue weighted by Gasteiger charge is 2.07. The van der Waals surface area contributed by atoms with Gasteiger partial charge in [-0.3, -0.25) is 9.36 Å². The lowest BCUT2D eigenvalue weighted by Crippen LogP contribution is -2.26. The highest BCUT2D eigenvalue weighted by Crippen LogP contribution is 2.15. The van der Waals surface area contributed by atoms with Crippen molar-refractivity contribution in [3.8, 4) is 0 Å². The number of fused-ring (bicyclic) bond motifs is 1. The largest absolute Gasteiger partial charge is 0.392 e. The van der Waals surface area contributed by atoms with E-state index < -0.39 is 6.10 Å². The van der Waals surface area contributed by atoms with Crippen LogP contribution >= 0.6 is 28.1 Å². The lowest BCUT2D eigenvalue weighted by Gasteiger charge is -2.09. The second-order valence-electron chi connectivity index (χ2n) is 3.88. The van der Waals surface area contributed by atoms with Crippen LogP contribution in [0.15, 0.2) is 27.5 Å². The smallest absolute Gasteiger partial charge is 0.262 e. The molecular formula is C11H11BrN2O2S. The molecule has 1 aromatic carbocycles. The van der Waals surface area contributed by atoms with Crippen molar-refractivity contribution in [1.82, 2.24) is 9.55 Å². The van der Waals surface area contributed by atoms with Crippen LogP contribution in [-0.2, 0) is 6.54 Å². The van der Waals surface area contributed by atoms with E-state index in [2.05, 4.69) is 20.9 Å². The molecule has 2 aromatic rings. The molecule has 17 heavy (non-hydrogen) atoms. The Balaban J connectivity index is 2.78. The molecule has 2 rings (SSSR count).